The normalized spacial score (nSPS) is 15.6. The van der Waals surface area contributed by atoms with Crippen LogP contribution in [0.25, 0.3) is 11.4 Å². The lowest BCUT2D eigenvalue weighted by Crippen LogP contribution is -2.49. The van der Waals surface area contributed by atoms with Crippen molar-refractivity contribution in [2.24, 2.45) is 0 Å². The van der Waals surface area contributed by atoms with Crippen LogP contribution in [0.5, 0.6) is 0 Å². The highest BCUT2D eigenvalue weighted by Crippen LogP contribution is 2.28. The molecular formula is C21H27N5O2S. The van der Waals surface area contributed by atoms with E-state index in [1.165, 1.54) is 11.8 Å². The molecule has 1 fully saturated rings. The number of ether oxygens (including phenoxy) is 1. The number of aromatic nitrogens is 3. The third-order valence-corrected chi connectivity index (χ3v) is 6.11. The molecule has 1 aliphatic rings. The molecule has 1 aromatic heterocycles. The number of carbonyl (C=O) groups is 1. The molecule has 1 N–H and O–H groups in total. The molecular weight excluding hydrogens is 386 g/mol. The maximum absolute atomic E-state index is 12.5. The maximum Gasteiger partial charge on any atom is 0.231 e. The lowest BCUT2D eigenvalue weighted by Gasteiger charge is -2.31. The number of hydrogen-bond acceptors (Lipinski definition) is 6. The van der Waals surface area contributed by atoms with Crippen molar-refractivity contribution in [2.75, 3.05) is 19.5 Å². The van der Waals surface area contributed by atoms with Gasteiger partial charge in [-0.05, 0) is 25.8 Å². The fourth-order valence-corrected chi connectivity index (χ4v) is 4.39. The van der Waals surface area contributed by atoms with Crippen LogP contribution in [0, 0.1) is 18.3 Å². The fourth-order valence-electron chi connectivity index (χ4n) is 3.63. The molecule has 0 aliphatic heterocycles. The Morgan fingerprint density at radius 1 is 1.34 bits per heavy atom. The molecule has 0 atom stereocenters. The quantitative estimate of drug-likeness (QED) is 0.667. The van der Waals surface area contributed by atoms with Crippen LogP contribution in [0.2, 0.25) is 0 Å². The number of amides is 1. The zero-order valence-electron chi connectivity index (χ0n) is 17.0. The summed E-state index contributed by atoms with van der Waals surface area (Å²) < 4.78 is 7.22. The Labute approximate surface area is 175 Å². The number of aryl methyl sites for hydroxylation is 1. The molecule has 8 heteroatoms. The predicted octanol–water partition coefficient (Wildman–Crippen LogP) is 3.33. The van der Waals surface area contributed by atoms with Crippen molar-refractivity contribution in [3.05, 3.63) is 29.8 Å². The van der Waals surface area contributed by atoms with E-state index in [9.17, 15) is 10.1 Å². The molecule has 1 aromatic carbocycles. The summed E-state index contributed by atoms with van der Waals surface area (Å²) in [6.07, 6.45) is 4.53. The van der Waals surface area contributed by atoms with Crippen LogP contribution in [0.1, 0.15) is 37.7 Å². The lowest BCUT2D eigenvalue weighted by atomic mass is 9.83. The van der Waals surface area contributed by atoms with Gasteiger partial charge in [0, 0.05) is 12.7 Å². The molecule has 154 valence electrons. The Kier molecular flexibility index (Phi) is 7.29. The standard InChI is InChI=1S/C21H27N5O2S/c1-16-7-6-8-17(13-16)19-24-25-20(26(19)11-12-28-2)29-14-18(27)23-21(15-22)9-4-3-5-10-21/h6-8,13H,3-5,9-12,14H2,1-2H3,(H,23,27). The summed E-state index contributed by atoms with van der Waals surface area (Å²) >= 11 is 1.34. The van der Waals surface area contributed by atoms with Gasteiger partial charge in [0.25, 0.3) is 0 Å². The maximum atomic E-state index is 12.5. The Balaban J connectivity index is 1.71. The molecule has 0 radical (unpaired) electrons. The molecule has 1 aliphatic carbocycles. The second kappa shape index (κ2) is 9.90. The zero-order valence-corrected chi connectivity index (χ0v) is 17.8. The van der Waals surface area contributed by atoms with Crippen LogP contribution in [0.4, 0.5) is 0 Å². The molecule has 1 heterocycles. The highest BCUT2D eigenvalue weighted by atomic mass is 32.2. The second-order valence-electron chi connectivity index (χ2n) is 7.41. The first-order chi connectivity index (χ1) is 14.1. The summed E-state index contributed by atoms with van der Waals surface area (Å²) in [4.78, 5) is 12.5. The van der Waals surface area contributed by atoms with Gasteiger partial charge < -0.3 is 10.1 Å². The first kappa shape index (κ1) is 21.3. The predicted molar refractivity (Wildman–Crippen MR) is 112 cm³/mol. The molecule has 29 heavy (non-hydrogen) atoms. The summed E-state index contributed by atoms with van der Waals surface area (Å²) in [5, 5.41) is 21.8. The van der Waals surface area contributed by atoms with E-state index < -0.39 is 5.54 Å². The summed E-state index contributed by atoms with van der Waals surface area (Å²) in [6, 6.07) is 10.4. The highest BCUT2D eigenvalue weighted by molar-refractivity contribution is 7.99. The van der Waals surface area contributed by atoms with Crippen molar-refractivity contribution < 1.29 is 9.53 Å². The first-order valence-corrected chi connectivity index (χ1v) is 10.9. The molecule has 0 unspecified atom stereocenters. The van der Waals surface area contributed by atoms with E-state index in [4.69, 9.17) is 4.74 Å². The second-order valence-corrected chi connectivity index (χ2v) is 8.35. The van der Waals surface area contributed by atoms with Gasteiger partial charge in [0.05, 0.1) is 25.0 Å². The molecule has 0 spiro atoms. The van der Waals surface area contributed by atoms with E-state index in [1.54, 1.807) is 7.11 Å². The lowest BCUT2D eigenvalue weighted by molar-refractivity contribution is -0.120. The highest BCUT2D eigenvalue weighted by Gasteiger charge is 2.33. The van der Waals surface area contributed by atoms with Crippen molar-refractivity contribution in [1.82, 2.24) is 20.1 Å². The van der Waals surface area contributed by atoms with E-state index in [0.717, 1.165) is 49.1 Å². The summed E-state index contributed by atoms with van der Waals surface area (Å²) in [7, 11) is 1.66. The third kappa shape index (κ3) is 5.37. The van der Waals surface area contributed by atoms with Crippen molar-refractivity contribution in [3.8, 4) is 17.5 Å². The zero-order chi connectivity index (χ0) is 20.7. The molecule has 3 rings (SSSR count). The minimum Gasteiger partial charge on any atom is -0.383 e. The number of nitrogens with zero attached hydrogens (tertiary/aromatic N) is 4. The monoisotopic (exact) mass is 413 g/mol. The fraction of sp³-hybridized carbons (Fsp3) is 0.524. The van der Waals surface area contributed by atoms with E-state index in [-0.39, 0.29) is 11.7 Å². The first-order valence-electron chi connectivity index (χ1n) is 9.91. The van der Waals surface area contributed by atoms with Gasteiger partial charge in [-0.2, -0.15) is 5.26 Å². The molecule has 7 nitrogen and oxygen atoms in total. The molecule has 1 amide bonds. The molecule has 0 bridgehead atoms. The van der Waals surface area contributed by atoms with Gasteiger partial charge in [0.1, 0.15) is 5.54 Å². The molecule has 2 aromatic rings. The van der Waals surface area contributed by atoms with E-state index in [1.807, 2.05) is 29.7 Å². The van der Waals surface area contributed by atoms with E-state index >= 15 is 0 Å². The van der Waals surface area contributed by atoms with E-state index in [0.29, 0.717) is 18.3 Å². The van der Waals surface area contributed by atoms with Crippen molar-refractivity contribution >= 4 is 17.7 Å². The summed E-state index contributed by atoms with van der Waals surface area (Å²) in [5.41, 5.74) is 1.41. The number of methoxy groups -OCH3 is 1. The van der Waals surface area contributed by atoms with Crippen LogP contribution in [0.3, 0.4) is 0 Å². The third-order valence-electron chi connectivity index (χ3n) is 5.14. The van der Waals surface area contributed by atoms with Crippen molar-refractivity contribution in [1.29, 1.82) is 5.26 Å². The van der Waals surface area contributed by atoms with Gasteiger partial charge in [0.2, 0.25) is 5.91 Å². The average Bonchev–Trinajstić information content (AvgIpc) is 3.14. The summed E-state index contributed by atoms with van der Waals surface area (Å²) in [6.45, 7) is 3.16. The van der Waals surface area contributed by atoms with Gasteiger partial charge >= 0.3 is 0 Å². The van der Waals surface area contributed by atoms with Gasteiger partial charge in [-0.1, -0.05) is 54.8 Å². The van der Waals surface area contributed by atoms with Gasteiger partial charge in [-0.15, -0.1) is 10.2 Å². The number of rotatable bonds is 8. The number of nitrogens with one attached hydrogen (secondary N) is 1. The minimum absolute atomic E-state index is 0.142. The summed E-state index contributed by atoms with van der Waals surface area (Å²) in [5.74, 6) is 0.814. The van der Waals surface area contributed by atoms with Crippen LogP contribution in [-0.4, -0.2) is 45.7 Å². The van der Waals surface area contributed by atoms with Crippen LogP contribution in [0.15, 0.2) is 29.4 Å². The van der Waals surface area contributed by atoms with Crippen molar-refractivity contribution in [2.45, 2.75) is 56.3 Å². The Morgan fingerprint density at radius 3 is 2.83 bits per heavy atom. The van der Waals surface area contributed by atoms with Crippen LogP contribution < -0.4 is 5.32 Å². The average molecular weight is 414 g/mol. The Morgan fingerprint density at radius 2 is 2.14 bits per heavy atom. The van der Waals surface area contributed by atoms with Gasteiger partial charge in [0.15, 0.2) is 11.0 Å². The van der Waals surface area contributed by atoms with Gasteiger partial charge in [-0.25, -0.2) is 0 Å². The molecule has 1 saturated carbocycles. The number of nitriles is 1. The molecule has 0 saturated heterocycles. The number of thioether (sulfide) groups is 1. The Hall–Kier alpha value is -2.37. The number of hydrogen-bond donors (Lipinski definition) is 1. The van der Waals surface area contributed by atoms with E-state index in [2.05, 4.69) is 27.6 Å². The Bertz CT molecular complexity index is 883. The smallest absolute Gasteiger partial charge is 0.231 e. The minimum atomic E-state index is -0.716. The SMILES string of the molecule is COCCn1c(SCC(=O)NC2(C#N)CCCCC2)nnc1-c1cccc(C)c1. The van der Waals surface area contributed by atoms with Crippen molar-refractivity contribution in [3.63, 3.8) is 0 Å². The van der Waals surface area contributed by atoms with Crippen LogP contribution >= 0.6 is 11.8 Å². The number of carbonyl (C=O) groups excluding carboxylic acids is 1. The largest absolute Gasteiger partial charge is 0.383 e. The number of benzene rings is 1. The van der Waals surface area contributed by atoms with Gasteiger partial charge in [-0.3, -0.25) is 9.36 Å². The van der Waals surface area contributed by atoms with Crippen LogP contribution in [-0.2, 0) is 16.1 Å². The topological polar surface area (TPSA) is 92.8 Å².